The molecule has 7 nitrogen and oxygen atoms in total. The number of carbonyl (C=O) groups is 2. The number of methoxy groups -OCH3 is 1. The lowest BCUT2D eigenvalue weighted by atomic mass is 10.2. The van der Waals surface area contributed by atoms with Gasteiger partial charge in [0.2, 0.25) is 5.76 Å². The minimum atomic E-state index is -1.26. The fourth-order valence-corrected chi connectivity index (χ4v) is 1.61. The summed E-state index contributed by atoms with van der Waals surface area (Å²) in [5.41, 5.74) is -0.0165. The summed E-state index contributed by atoms with van der Waals surface area (Å²) in [7, 11) is 1.55. The Morgan fingerprint density at radius 3 is 2.72 bits per heavy atom. The predicted molar refractivity (Wildman–Crippen MR) is 61.5 cm³/mol. The lowest BCUT2D eigenvalue weighted by molar-refractivity contribution is 0.0566. The highest BCUT2D eigenvalue weighted by molar-refractivity contribution is 5.95. The monoisotopic (exact) mass is 256 g/mol. The van der Waals surface area contributed by atoms with E-state index in [1.807, 2.05) is 13.8 Å². The molecule has 0 bridgehead atoms. The highest BCUT2D eigenvalue weighted by atomic mass is 16.5. The Kier molecular flexibility index (Phi) is 4.85. The number of hydrogen-bond acceptors (Lipinski definition) is 5. The van der Waals surface area contributed by atoms with Crippen LogP contribution in [0, 0.1) is 0 Å². The molecule has 1 rings (SSSR count). The number of aromatic carboxylic acids is 1. The minimum Gasteiger partial charge on any atom is -0.475 e. The van der Waals surface area contributed by atoms with Gasteiger partial charge in [-0.2, -0.15) is 0 Å². The molecule has 0 aliphatic rings. The first-order chi connectivity index (χ1) is 8.51. The maximum absolute atomic E-state index is 12.1. The second kappa shape index (κ2) is 6.15. The van der Waals surface area contributed by atoms with Gasteiger partial charge >= 0.3 is 5.97 Å². The molecule has 1 aromatic heterocycles. The Bertz CT molecular complexity index is 429. The van der Waals surface area contributed by atoms with E-state index in [0.29, 0.717) is 13.2 Å². The average molecular weight is 256 g/mol. The first-order valence-electron chi connectivity index (χ1n) is 5.51. The number of carbonyl (C=O) groups excluding carboxylic acids is 1. The molecule has 1 N–H and O–H groups in total. The van der Waals surface area contributed by atoms with Crippen molar-refractivity contribution >= 4 is 11.9 Å². The Hall–Kier alpha value is -1.89. The van der Waals surface area contributed by atoms with Gasteiger partial charge in [0, 0.05) is 19.7 Å². The number of amides is 1. The SMILES string of the molecule is CCN(C(=O)c1cc(C(=O)O)on1)C(C)COC. The second-order valence-electron chi connectivity index (χ2n) is 3.78. The number of hydrogen-bond donors (Lipinski definition) is 1. The molecule has 0 spiro atoms. The van der Waals surface area contributed by atoms with Crippen LogP contribution in [0.25, 0.3) is 0 Å². The fourth-order valence-electron chi connectivity index (χ4n) is 1.61. The lowest BCUT2D eigenvalue weighted by Crippen LogP contribution is -2.41. The number of aromatic nitrogens is 1. The summed E-state index contributed by atoms with van der Waals surface area (Å²) in [6, 6.07) is 0.991. The molecule has 0 radical (unpaired) electrons. The molecule has 1 unspecified atom stereocenters. The van der Waals surface area contributed by atoms with Gasteiger partial charge in [-0.25, -0.2) is 4.79 Å². The van der Waals surface area contributed by atoms with E-state index >= 15 is 0 Å². The number of carboxylic acids is 1. The fraction of sp³-hybridized carbons (Fsp3) is 0.545. The summed E-state index contributed by atoms with van der Waals surface area (Å²) in [4.78, 5) is 24.3. The van der Waals surface area contributed by atoms with Crippen LogP contribution in [0.15, 0.2) is 10.6 Å². The van der Waals surface area contributed by atoms with Crippen LogP contribution in [0.1, 0.15) is 34.9 Å². The van der Waals surface area contributed by atoms with Gasteiger partial charge in [0.1, 0.15) is 0 Å². The molecule has 1 atom stereocenters. The van der Waals surface area contributed by atoms with Crippen LogP contribution in [-0.2, 0) is 4.74 Å². The number of carboxylic acid groups (broad SMARTS) is 1. The van der Waals surface area contributed by atoms with Gasteiger partial charge in [-0.05, 0) is 13.8 Å². The van der Waals surface area contributed by atoms with Crippen LogP contribution in [0.2, 0.25) is 0 Å². The quantitative estimate of drug-likeness (QED) is 0.811. The van der Waals surface area contributed by atoms with Crippen molar-refractivity contribution in [1.82, 2.24) is 10.1 Å². The molecule has 1 aromatic rings. The third-order valence-electron chi connectivity index (χ3n) is 2.48. The van der Waals surface area contributed by atoms with E-state index in [1.54, 1.807) is 7.11 Å². The summed E-state index contributed by atoms with van der Waals surface area (Å²) in [5.74, 6) is -1.98. The van der Waals surface area contributed by atoms with Gasteiger partial charge in [-0.1, -0.05) is 5.16 Å². The van der Waals surface area contributed by atoms with Crippen LogP contribution < -0.4 is 0 Å². The van der Waals surface area contributed by atoms with E-state index in [1.165, 1.54) is 4.90 Å². The van der Waals surface area contributed by atoms with Crippen molar-refractivity contribution in [2.24, 2.45) is 0 Å². The van der Waals surface area contributed by atoms with Crippen molar-refractivity contribution in [2.75, 3.05) is 20.3 Å². The zero-order valence-electron chi connectivity index (χ0n) is 10.5. The standard InChI is InChI=1S/C11H16N2O5/c1-4-13(7(2)6-17-3)10(14)8-5-9(11(15)16)18-12-8/h5,7H,4,6H2,1-3H3,(H,15,16). The van der Waals surface area contributed by atoms with Crippen LogP contribution in [0.4, 0.5) is 0 Å². The van der Waals surface area contributed by atoms with Crippen molar-refractivity contribution in [3.05, 3.63) is 17.5 Å². The minimum absolute atomic E-state index is 0.0165. The van der Waals surface area contributed by atoms with E-state index in [9.17, 15) is 9.59 Å². The topological polar surface area (TPSA) is 92.9 Å². The first-order valence-corrected chi connectivity index (χ1v) is 5.51. The van der Waals surface area contributed by atoms with Gasteiger partial charge in [-0.3, -0.25) is 4.79 Å². The third-order valence-corrected chi connectivity index (χ3v) is 2.48. The van der Waals surface area contributed by atoms with Crippen LogP contribution >= 0.6 is 0 Å². The van der Waals surface area contributed by atoms with Crippen LogP contribution in [0.5, 0.6) is 0 Å². The Morgan fingerprint density at radius 1 is 1.61 bits per heavy atom. The Balaban J connectivity index is 2.85. The van der Waals surface area contributed by atoms with Gasteiger partial charge in [0.25, 0.3) is 5.91 Å². The highest BCUT2D eigenvalue weighted by Crippen LogP contribution is 2.10. The molecule has 7 heteroatoms. The lowest BCUT2D eigenvalue weighted by Gasteiger charge is -2.26. The molecule has 1 heterocycles. The first kappa shape index (κ1) is 14.2. The van der Waals surface area contributed by atoms with E-state index < -0.39 is 5.97 Å². The van der Waals surface area contributed by atoms with E-state index in [4.69, 9.17) is 9.84 Å². The number of nitrogens with zero attached hydrogens (tertiary/aromatic N) is 2. The van der Waals surface area contributed by atoms with Gasteiger partial charge in [-0.15, -0.1) is 0 Å². The molecule has 18 heavy (non-hydrogen) atoms. The van der Waals surface area contributed by atoms with Crippen LogP contribution in [0.3, 0.4) is 0 Å². The second-order valence-corrected chi connectivity index (χ2v) is 3.78. The Labute approximate surface area is 104 Å². The molecule has 0 saturated carbocycles. The van der Waals surface area contributed by atoms with Gasteiger partial charge in [0.15, 0.2) is 5.69 Å². The molecule has 0 fully saturated rings. The zero-order valence-corrected chi connectivity index (χ0v) is 10.5. The molecule has 0 saturated heterocycles. The number of ether oxygens (including phenoxy) is 1. The molecule has 0 aliphatic carbocycles. The molecule has 0 aromatic carbocycles. The summed E-state index contributed by atoms with van der Waals surface area (Å²) >= 11 is 0. The molecular formula is C11H16N2O5. The number of rotatable bonds is 6. The molecule has 100 valence electrons. The van der Waals surface area contributed by atoms with Gasteiger partial charge < -0.3 is 19.3 Å². The summed E-state index contributed by atoms with van der Waals surface area (Å²) in [5, 5.41) is 12.2. The van der Waals surface area contributed by atoms with E-state index in [-0.39, 0.29) is 23.4 Å². The number of likely N-dealkylation sites (N-methyl/N-ethyl adjacent to an activating group) is 1. The van der Waals surface area contributed by atoms with Gasteiger partial charge in [0.05, 0.1) is 12.6 Å². The van der Waals surface area contributed by atoms with Crippen molar-refractivity contribution < 1.29 is 24.0 Å². The average Bonchev–Trinajstić information content (AvgIpc) is 2.79. The maximum atomic E-state index is 12.1. The largest absolute Gasteiger partial charge is 0.475 e. The molecular weight excluding hydrogens is 240 g/mol. The maximum Gasteiger partial charge on any atom is 0.374 e. The summed E-state index contributed by atoms with van der Waals surface area (Å²) < 4.78 is 9.54. The Morgan fingerprint density at radius 2 is 2.28 bits per heavy atom. The van der Waals surface area contributed by atoms with Crippen LogP contribution in [-0.4, -0.2) is 53.3 Å². The third kappa shape index (κ3) is 3.07. The highest BCUT2D eigenvalue weighted by Gasteiger charge is 2.24. The van der Waals surface area contributed by atoms with E-state index in [0.717, 1.165) is 6.07 Å². The van der Waals surface area contributed by atoms with E-state index in [2.05, 4.69) is 9.68 Å². The van der Waals surface area contributed by atoms with Crippen molar-refractivity contribution in [3.8, 4) is 0 Å². The zero-order chi connectivity index (χ0) is 13.7. The predicted octanol–water partition coefficient (Wildman–Crippen LogP) is 0.870. The van der Waals surface area contributed by atoms with Crippen molar-refractivity contribution in [1.29, 1.82) is 0 Å². The van der Waals surface area contributed by atoms with Crippen molar-refractivity contribution in [2.45, 2.75) is 19.9 Å². The molecule has 0 aliphatic heterocycles. The summed E-state index contributed by atoms with van der Waals surface area (Å²) in [6.45, 7) is 4.52. The normalized spacial score (nSPS) is 12.2. The summed E-state index contributed by atoms with van der Waals surface area (Å²) in [6.07, 6.45) is 0. The molecule has 1 amide bonds. The smallest absolute Gasteiger partial charge is 0.374 e. The van der Waals surface area contributed by atoms with Crippen molar-refractivity contribution in [3.63, 3.8) is 0 Å².